The molecule has 0 saturated heterocycles. The van der Waals surface area contributed by atoms with Gasteiger partial charge in [0.15, 0.2) is 0 Å². The summed E-state index contributed by atoms with van der Waals surface area (Å²) in [7, 11) is -3.74. The van der Waals surface area contributed by atoms with Crippen LogP contribution >= 0.6 is 0 Å². The Labute approximate surface area is 241 Å². The SMILES string of the molecule is Cc1cc(C)cc(S(=O)(=O)N[C@H](c2ccccc2)[C@H](N)c2ccccc2)c1.Cc1ccc(C(C)C)cc1.[Ru]. The third-order valence-corrected chi connectivity index (χ3v) is 7.65. The molecule has 0 aliphatic heterocycles. The van der Waals surface area contributed by atoms with Crippen molar-refractivity contribution in [2.75, 3.05) is 0 Å². The molecular formula is C32H38N2O2RuS. The van der Waals surface area contributed by atoms with Gasteiger partial charge in [0.2, 0.25) is 10.0 Å². The molecule has 6 heteroatoms. The summed E-state index contributed by atoms with van der Waals surface area (Å²) in [5.74, 6) is 0.653. The summed E-state index contributed by atoms with van der Waals surface area (Å²) >= 11 is 0. The average Bonchev–Trinajstić information content (AvgIpc) is 2.88. The zero-order valence-corrected chi connectivity index (χ0v) is 25.3. The van der Waals surface area contributed by atoms with Crippen LogP contribution in [-0.4, -0.2) is 8.42 Å². The quantitative estimate of drug-likeness (QED) is 0.217. The van der Waals surface area contributed by atoms with Crippen molar-refractivity contribution < 1.29 is 27.9 Å². The first-order chi connectivity index (χ1) is 17.6. The zero-order valence-electron chi connectivity index (χ0n) is 22.7. The van der Waals surface area contributed by atoms with Crippen LogP contribution in [0.15, 0.2) is 108 Å². The Morgan fingerprint density at radius 1 is 0.632 bits per heavy atom. The molecule has 3 N–H and O–H groups in total. The van der Waals surface area contributed by atoms with Crippen LogP contribution in [0.3, 0.4) is 0 Å². The molecule has 4 nitrogen and oxygen atoms in total. The Hall–Kier alpha value is -2.63. The fourth-order valence-corrected chi connectivity index (χ4v) is 5.59. The third kappa shape index (κ3) is 8.99. The standard InChI is InChI=1S/C22H24N2O2S.C10H14.Ru/c1-16-13-17(2)15-20(14-16)27(25,26)24-22(19-11-7-4-8-12-19)21(23)18-9-5-3-6-10-18;1-8(2)10-6-4-9(3)5-7-10;/h3-15,21-22,24H,23H2,1-2H3;4-8H,1-3H3;/t21-,22-;;/m1../s1. The van der Waals surface area contributed by atoms with Crippen LogP contribution in [0.25, 0.3) is 0 Å². The molecule has 4 aromatic carbocycles. The zero-order chi connectivity index (χ0) is 27.0. The van der Waals surface area contributed by atoms with Gasteiger partial charge < -0.3 is 5.73 Å². The molecular weight excluding hydrogens is 578 g/mol. The molecule has 0 unspecified atom stereocenters. The van der Waals surface area contributed by atoms with Gasteiger partial charge in [-0.2, -0.15) is 0 Å². The van der Waals surface area contributed by atoms with Gasteiger partial charge in [-0.3, -0.25) is 0 Å². The van der Waals surface area contributed by atoms with Crippen LogP contribution in [0, 0.1) is 20.8 Å². The number of benzene rings is 4. The number of hydrogen-bond acceptors (Lipinski definition) is 3. The second-order valence-corrected chi connectivity index (χ2v) is 11.5. The first-order valence-corrected chi connectivity index (χ1v) is 14.1. The van der Waals surface area contributed by atoms with Crippen LogP contribution in [0.2, 0.25) is 0 Å². The molecule has 0 spiro atoms. The normalized spacial score (nSPS) is 12.6. The van der Waals surface area contributed by atoms with E-state index in [0.29, 0.717) is 5.92 Å². The molecule has 0 amide bonds. The first-order valence-electron chi connectivity index (χ1n) is 12.6. The number of hydrogen-bond donors (Lipinski definition) is 2. The van der Waals surface area contributed by atoms with Gasteiger partial charge in [0.1, 0.15) is 0 Å². The van der Waals surface area contributed by atoms with Crippen LogP contribution in [-0.2, 0) is 29.5 Å². The van der Waals surface area contributed by atoms with Crippen LogP contribution < -0.4 is 10.5 Å². The summed E-state index contributed by atoms with van der Waals surface area (Å²) in [5, 5.41) is 0. The second kappa shape index (κ2) is 14.5. The Kier molecular flexibility index (Phi) is 12.1. The van der Waals surface area contributed by atoms with Crippen molar-refractivity contribution in [2.45, 2.75) is 57.5 Å². The van der Waals surface area contributed by atoms with E-state index in [9.17, 15) is 8.42 Å². The Morgan fingerprint density at radius 3 is 1.58 bits per heavy atom. The molecule has 0 fully saturated rings. The van der Waals surface area contributed by atoms with E-state index in [2.05, 4.69) is 49.8 Å². The Morgan fingerprint density at radius 2 is 1.11 bits per heavy atom. The van der Waals surface area contributed by atoms with Crippen molar-refractivity contribution in [1.82, 2.24) is 4.72 Å². The van der Waals surface area contributed by atoms with E-state index in [-0.39, 0.29) is 24.4 Å². The summed E-state index contributed by atoms with van der Waals surface area (Å²) in [6, 6.07) is 31.9. The first kappa shape index (κ1) is 31.6. The summed E-state index contributed by atoms with van der Waals surface area (Å²) in [6.07, 6.45) is 0. The van der Waals surface area contributed by atoms with Gasteiger partial charge in [0.25, 0.3) is 0 Å². The largest absolute Gasteiger partial charge is 0.322 e. The smallest absolute Gasteiger partial charge is 0.241 e. The molecule has 0 aliphatic rings. The molecule has 2 atom stereocenters. The molecule has 202 valence electrons. The van der Waals surface area contributed by atoms with Crippen molar-refractivity contribution in [3.05, 3.63) is 137 Å². The molecule has 4 rings (SSSR count). The van der Waals surface area contributed by atoms with Gasteiger partial charge in [-0.25, -0.2) is 13.1 Å². The maximum atomic E-state index is 13.1. The van der Waals surface area contributed by atoms with Gasteiger partial charge in [-0.1, -0.05) is 110 Å². The van der Waals surface area contributed by atoms with E-state index < -0.39 is 22.1 Å². The molecule has 0 saturated carbocycles. The predicted molar refractivity (Wildman–Crippen MR) is 154 cm³/mol. The monoisotopic (exact) mass is 616 g/mol. The molecule has 4 aromatic rings. The topological polar surface area (TPSA) is 72.2 Å². The maximum absolute atomic E-state index is 13.1. The molecule has 0 aromatic heterocycles. The average molecular weight is 616 g/mol. The van der Waals surface area contributed by atoms with Crippen molar-refractivity contribution in [2.24, 2.45) is 5.73 Å². The third-order valence-electron chi connectivity index (χ3n) is 6.23. The van der Waals surface area contributed by atoms with E-state index in [1.54, 1.807) is 12.1 Å². The summed E-state index contributed by atoms with van der Waals surface area (Å²) in [5.41, 5.74) is 12.7. The van der Waals surface area contributed by atoms with Crippen LogP contribution in [0.1, 0.15) is 65.2 Å². The van der Waals surface area contributed by atoms with Gasteiger partial charge in [-0.15, -0.1) is 0 Å². The Balaban J connectivity index is 0.000000389. The number of aryl methyl sites for hydroxylation is 3. The fourth-order valence-electron chi connectivity index (χ4n) is 4.15. The fraction of sp³-hybridized carbons (Fsp3) is 0.250. The van der Waals surface area contributed by atoms with Gasteiger partial charge in [-0.05, 0) is 66.6 Å². The van der Waals surface area contributed by atoms with Crippen molar-refractivity contribution >= 4 is 10.0 Å². The van der Waals surface area contributed by atoms with Crippen LogP contribution in [0.5, 0.6) is 0 Å². The summed E-state index contributed by atoms with van der Waals surface area (Å²) in [6.45, 7) is 10.3. The van der Waals surface area contributed by atoms with E-state index in [4.69, 9.17) is 5.73 Å². The molecule has 0 radical (unpaired) electrons. The van der Waals surface area contributed by atoms with E-state index >= 15 is 0 Å². The maximum Gasteiger partial charge on any atom is 0.241 e. The van der Waals surface area contributed by atoms with Crippen molar-refractivity contribution in [3.8, 4) is 0 Å². The van der Waals surface area contributed by atoms with Gasteiger partial charge in [0, 0.05) is 19.5 Å². The number of nitrogens with one attached hydrogen (secondary N) is 1. The minimum Gasteiger partial charge on any atom is -0.322 e. The second-order valence-electron chi connectivity index (χ2n) is 9.83. The van der Waals surface area contributed by atoms with Crippen molar-refractivity contribution in [3.63, 3.8) is 0 Å². The van der Waals surface area contributed by atoms with E-state index in [0.717, 1.165) is 22.3 Å². The molecule has 0 bridgehead atoms. The Bertz CT molecular complexity index is 1350. The molecule has 0 aliphatic carbocycles. The van der Waals surface area contributed by atoms with Gasteiger partial charge >= 0.3 is 0 Å². The van der Waals surface area contributed by atoms with E-state index in [1.807, 2.05) is 80.6 Å². The summed E-state index contributed by atoms with van der Waals surface area (Å²) in [4.78, 5) is 0.251. The molecule has 38 heavy (non-hydrogen) atoms. The van der Waals surface area contributed by atoms with Gasteiger partial charge in [0.05, 0.1) is 17.0 Å². The predicted octanol–water partition coefficient (Wildman–Crippen LogP) is 7.14. The molecule has 0 heterocycles. The minimum absolute atomic E-state index is 0. The van der Waals surface area contributed by atoms with Crippen LogP contribution in [0.4, 0.5) is 0 Å². The number of sulfonamides is 1. The minimum atomic E-state index is -3.74. The van der Waals surface area contributed by atoms with E-state index in [1.165, 1.54) is 11.1 Å². The number of rotatable bonds is 7. The van der Waals surface area contributed by atoms with Crippen molar-refractivity contribution in [1.29, 1.82) is 0 Å². The number of nitrogens with two attached hydrogens (primary N) is 1. The summed E-state index contributed by atoms with van der Waals surface area (Å²) < 4.78 is 29.0.